The minimum absolute atomic E-state index is 0.0205. The van der Waals surface area contributed by atoms with Gasteiger partial charge in [0, 0.05) is 23.1 Å². The van der Waals surface area contributed by atoms with Crippen LogP contribution in [0.15, 0.2) is 97.1 Å². The van der Waals surface area contributed by atoms with Crippen LogP contribution in [0.25, 0.3) is 21.9 Å². The van der Waals surface area contributed by atoms with E-state index in [2.05, 4.69) is 0 Å². The quantitative estimate of drug-likeness (QED) is 0.318. The number of allylic oxidation sites excluding steroid dienone is 3. The van der Waals surface area contributed by atoms with E-state index in [0.29, 0.717) is 16.5 Å². The number of phenols is 1. The Kier molecular flexibility index (Phi) is 4.64. The molecule has 4 aromatic carbocycles. The monoisotopic (exact) mass is 419 g/mol. The number of carbonyl (C=O) groups is 1. The normalized spacial score (nSPS) is 14.3. The van der Waals surface area contributed by atoms with Crippen LogP contribution in [0.4, 0.5) is 5.69 Å². The Morgan fingerprint density at radius 1 is 0.781 bits per heavy atom. The maximum absolute atomic E-state index is 12.5. The Morgan fingerprint density at radius 2 is 1.50 bits per heavy atom. The van der Waals surface area contributed by atoms with E-state index in [4.69, 9.17) is 0 Å². The number of nitro benzene ring substituents is 1. The van der Waals surface area contributed by atoms with Crippen molar-refractivity contribution >= 4 is 33.4 Å². The fraction of sp³-hybridized carbons (Fsp3) is 0. The number of nitrogens with zero attached hydrogens (tertiary/aromatic N) is 1. The Balaban J connectivity index is 1.92. The largest absolute Gasteiger partial charge is 0.507 e. The van der Waals surface area contributed by atoms with Crippen LogP contribution in [-0.4, -0.2) is 15.8 Å². The van der Waals surface area contributed by atoms with Gasteiger partial charge in [0.25, 0.3) is 5.69 Å². The van der Waals surface area contributed by atoms with Crippen LogP contribution in [0.2, 0.25) is 0 Å². The second-order valence-electron chi connectivity index (χ2n) is 7.52. The number of carbonyl (C=O) groups excluding carboxylic acids is 1. The molecular formula is C27H17NO4. The van der Waals surface area contributed by atoms with Crippen molar-refractivity contribution in [2.24, 2.45) is 0 Å². The molecule has 154 valence electrons. The van der Waals surface area contributed by atoms with E-state index in [1.54, 1.807) is 24.3 Å². The van der Waals surface area contributed by atoms with Gasteiger partial charge >= 0.3 is 0 Å². The van der Waals surface area contributed by atoms with E-state index in [-0.39, 0.29) is 17.2 Å². The summed E-state index contributed by atoms with van der Waals surface area (Å²) in [5.41, 5.74) is 4.32. The molecule has 0 fully saturated rings. The average molecular weight is 419 g/mol. The molecular weight excluding hydrogens is 402 g/mol. The van der Waals surface area contributed by atoms with Crippen molar-refractivity contribution < 1.29 is 14.8 Å². The predicted octanol–water partition coefficient (Wildman–Crippen LogP) is 6.17. The Labute approximate surface area is 183 Å². The number of phenolic OH excluding ortho intramolecular Hbond substituents is 1. The molecule has 5 heteroatoms. The summed E-state index contributed by atoms with van der Waals surface area (Å²) in [5.74, 6) is 0.0702. The molecule has 5 rings (SSSR count). The summed E-state index contributed by atoms with van der Waals surface area (Å²) in [6.07, 6.45) is 3.29. The van der Waals surface area contributed by atoms with Gasteiger partial charge in [0.05, 0.1) is 4.92 Å². The Morgan fingerprint density at radius 3 is 2.28 bits per heavy atom. The lowest BCUT2D eigenvalue weighted by atomic mass is 9.82. The third-order valence-electron chi connectivity index (χ3n) is 5.67. The van der Waals surface area contributed by atoms with Gasteiger partial charge in [-0.3, -0.25) is 14.9 Å². The summed E-state index contributed by atoms with van der Waals surface area (Å²) in [6.45, 7) is 0. The number of nitro groups is 1. The van der Waals surface area contributed by atoms with Crippen LogP contribution in [-0.2, 0) is 0 Å². The van der Waals surface area contributed by atoms with Crippen molar-refractivity contribution in [3.63, 3.8) is 0 Å². The molecule has 0 aliphatic heterocycles. The average Bonchev–Trinajstić information content (AvgIpc) is 2.82. The summed E-state index contributed by atoms with van der Waals surface area (Å²) >= 11 is 0. The number of ketones is 1. The molecule has 4 aromatic rings. The van der Waals surface area contributed by atoms with Gasteiger partial charge in [0.2, 0.25) is 0 Å². The Bertz CT molecular complexity index is 1480. The highest BCUT2D eigenvalue weighted by molar-refractivity contribution is 6.18. The van der Waals surface area contributed by atoms with Crippen molar-refractivity contribution in [3.05, 3.63) is 129 Å². The first kappa shape index (κ1) is 19.5. The van der Waals surface area contributed by atoms with Crippen LogP contribution in [0.5, 0.6) is 5.75 Å². The van der Waals surface area contributed by atoms with Gasteiger partial charge in [-0.1, -0.05) is 66.7 Å². The van der Waals surface area contributed by atoms with Crippen molar-refractivity contribution in [2.75, 3.05) is 0 Å². The molecule has 0 unspecified atom stereocenters. The van der Waals surface area contributed by atoms with Gasteiger partial charge in [0.15, 0.2) is 5.78 Å². The van der Waals surface area contributed by atoms with E-state index in [1.807, 2.05) is 54.6 Å². The zero-order valence-electron chi connectivity index (χ0n) is 16.9. The number of hydrogen-bond donors (Lipinski definition) is 1. The van der Waals surface area contributed by atoms with Gasteiger partial charge in [-0.25, -0.2) is 0 Å². The molecule has 1 N–H and O–H groups in total. The van der Waals surface area contributed by atoms with Crippen molar-refractivity contribution in [1.82, 2.24) is 0 Å². The molecule has 0 bridgehead atoms. The summed E-state index contributed by atoms with van der Waals surface area (Å²) < 4.78 is 0. The second-order valence-corrected chi connectivity index (χ2v) is 7.52. The summed E-state index contributed by atoms with van der Waals surface area (Å²) in [5, 5.41) is 23.4. The third-order valence-corrected chi connectivity index (χ3v) is 5.67. The standard InChI is InChI=1S/C27H17NO4/c29-25-14-12-23(19-8-1-3-10-21(19)25)27(17-6-5-7-18(16-17)28(31)32)24-13-15-26(30)22-11-4-2-9-20(22)24/h1-16,29H/b27-24+. The zero-order valence-corrected chi connectivity index (χ0v) is 16.9. The molecule has 0 aromatic heterocycles. The smallest absolute Gasteiger partial charge is 0.270 e. The highest BCUT2D eigenvalue weighted by Gasteiger charge is 2.23. The molecule has 0 atom stereocenters. The summed E-state index contributed by atoms with van der Waals surface area (Å²) in [7, 11) is 0. The fourth-order valence-electron chi connectivity index (χ4n) is 4.22. The van der Waals surface area contributed by atoms with Gasteiger partial charge in [-0.2, -0.15) is 0 Å². The summed E-state index contributed by atoms with van der Waals surface area (Å²) in [4.78, 5) is 23.6. The van der Waals surface area contributed by atoms with Gasteiger partial charge in [-0.05, 0) is 51.4 Å². The predicted molar refractivity (Wildman–Crippen MR) is 125 cm³/mol. The number of hydrogen-bond acceptors (Lipinski definition) is 4. The van der Waals surface area contributed by atoms with Gasteiger partial charge in [-0.15, -0.1) is 0 Å². The van der Waals surface area contributed by atoms with Crippen molar-refractivity contribution in [1.29, 1.82) is 0 Å². The van der Waals surface area contributed by atoms with Crippen LogP contribution in [0.3, 0.4) is 0 Å². The van der Waals surface area contributed by atoms with Crippen LogP contribution < -0.4 is 0 Å². The fourth-order valence-corrected chi connectivity index (χ4v) is 4.22. The van der Waals surface area contributed by atoms with Crippen LogP contribution >= 0.6 is 0 Å². The lowest BCUT2D eigenvalue weighted by molar-refractivity contribution is -0.384. The molecule has 0 amide bonds. The second kappa shape index (κ2) is 7.63. The number of rotatable bonds is 3. The first-order chi connectivity index (χ1) is 15.5. The maximum Gasteiger partial charge on any atom is 0.270 e. The number of non-ortho nitro benzene ring substituents is 1. The maximum atomic E-state index is 12.5. The molecule has 0 radical (unpaired) electrons. The van der Waals surface area contributed by atoms with E-state index >= 15 is 0 Å². The first-order valence-corrected chi connectivity index (χ1v) is 10.1. The van der Waals surface area contributed by atoms with Gasteiger partial charge < -0.3 is 5.11 Å². The minimum atomic E-state index is -0.422. The number of aromatic hydroxyl groups is 1. The highest BCUT2D eigenvalue weighted by Crippen LogP contribution is 2.41. The lowest BCUT2D eigenvalue weighted by Gasteiger charge is -2.20. The Hall–Kier alpha value is -4.51. The molecule has 0 heterocycles. The van der Waals surface area contributed by atoms with Crippen molar-refractivity contribution in [3.8, 4) is 5.75 Å². The highest BCUT2D eigenvalue weighted by atomic mass is 16.6. The minimum Gasteiger partial charge on any atom is -0.507 e. The van der Waals surface area contributed by atoms with Crippen LogP contribution in [0.1, 0.15) is 27.0 Å². The molecule has 1 aliphatic rings. The topological polar surface area (TPSA) is 80.4 Å². The van der Waals surface area contributed by atoms with Crippen molar-refractivity contribution in [2.45, 2.75) is 0 Å². The first-order valence-electron chi connectivity index (χ1n) is 10.1. The van der Waals surface area contributed by atoms with E-state index in [1.165, 1.54) is 18.2 Å². The lowest BCUT2D eigenvalue weighted by Crippen LogP contribution is -2.07. The zero-order chi connectivity index (χ0) is 22.2. The van der Waals surface area contributed by atoms with Gasteiger partial charge in [0.1, 0.15) is 5.75 Å². The summed E-state index contributed by atoms with van der Waals surface area (Å²) in [6, 6.07) is 24.7. The molecule has 5 nitrogen and oxygen atoms in total. The number of benzene rings is 4. The molecule has 0 saturated heterocycles. The molecule has 32 heavy (non-hydrogen) atoms. The molecule has 1 aliphatic carbocycles. The molecule has 0 spiro atoms. The van der Waals surface area contributed by atoms with E-state index in [9.17, 15) is 20.0 Å². The SMILES string of the molecule is O=C1C=C/C(=C(/c2cccc([N+](=O)[O-])c2)c2ccc(O)c3ccccc23)c2ccccc21. The number of fused-ring (bicyclic) bond motifs is 2. The van der Waals surface area contributed by atoms with E-state index < -0.39 is 4.92 Å². The third kappa shape index (κ3) is 3.17. The van der Waals surface area contributed by atoms with E-state index in [0.717, 1.165) is 27.7 Å². The molecule has 0 saturated carbocycles. The van der Waals surface area contributed by atoms with Crippen LogP contribution in [0, 0.1) is 10.1 Å².